The number of rotatable bonds is 6. The highest BCUT2D eigenvalue weighted by Crippen LogP contribution is 2.36. The van der Waals surface area contributed by atoms with Crippen molar-refractivity contribution in [2.45, 2.75) is 68.7 Å². The zero-order valence-electron chi connectivity index (χ0n) is 19.2. The molecular weight excluding hydrogens is 435 g/mol. The summed E-state index contributed by atoms with van der Waals surface area (Å²) in [5, 5.41) is 13.9. The lowest BCUT2D eigenvalue weighted by atomic mass is 9.79. The number of nitrogens with zero attached hydrogens (tertiary/aromatic N) is 1. The number of aliphatic hydroxyl groups is 1. The molecular formula is C27H31FN2O4. The largest absolute Gasteiger partial charge is 0.380 e. The fourth-order valence-corrected chi connectivity index (χ4v) is 5.37. The third-order valence-corrected chi connectivity index (χ3v) is 7.47. The van der Waals surface area contributed by atoms with Crippen molar-refractivity contribution in [1.29, 1.82) is 0 Å². The van der Waals surface area contributed by atoms with E-state index in [0.29, 0.717) is 45.3 Å². The molecule has 5 rings (SSSR count). The lowest BCUT2D eigenvalue weighted by Gasteiger charge is -2.40. The van der Waals surface area contributed by atoms with Gasteiger partial charge in [-0.1, -0.05) is 36.4 Å². The van der Waals surface area contributed by atoms with Gasteiger partial charge in [0.25, 0.3) is 5.91 Å². The van der Waals surface area contributed by atoms with Crippen molar-refractivity contribution in [3.05, 3.63) is 59.9 Å². The molecule has 2 heterocycles. The average molecular weight is 467 g/mol. The molecule has 1 aliphatic carbocycles. The van der Waals surface area contributed by atoms with Gasteiger partial charge in [0, 0.05) is 13.2 Å². The van der Waals surface area contributed by atoms with E-state index >= 15 is 0 Å². The molecule has 0 spiro atoms. The number of halogens is 1. The molecule has 2 saturated heterocycles. The summed E-state index contributed by atoms with van der Waals surface area (Å²) in [7, 11) is 0. The second-order valence-electron chi connectivity index (χ2n) is 9.77. The molecule has 1 saturated carbocycles. The summed E-state index contributed by atoms with van der Waals surface area (Å²) in [4.78, 5) is 27.8. The van der Waals surface area contributed by atoms with Crippen LogP contribution in [0.1, 0.15) is 44.1 Å². The molecule has 3 atom stereocenters. The van der Waals surface area contributed by atoms with Gasteiger partial charge in [-0.2, -0.15) is 0 Å². The number of carbonyl (C=O) groups excluding carboxylic acids is 2. The highest BCUT2D eigenvalue weighted by molar-refractivity contribution is 5.87. The Bertz CT molecular complexity index is 1060. The average Bonchev–Trinajstić information content (AvgIpc) is 3.48. The lowest BCUT2D eigenvalue weighted by molar-refractivity contribution is -0.161. The molecule has 2 N–H and O–H groups in total. The summed E-state index contributed by atoms with van der Waals surface area (Å²) in [6.07, 6.45) is 4.12. The fraction of sp³-hybridized carbons (Fsp3) is 0.481. The van der Waals surface area contributed by atoms with Crippen molar-refractivity contribution < 1.29 is 23.8 Å². The Morgan fingerprint density at radius 3 is 2.53 bits per heavy atom. The highest BCUT2D eigenvalue weighted by atomic mass is 19.1. The van der Waals surface area contributed by atoms with E-state index in [1.807, 2.05) is 30.3 Å². The SMILES string of the molecule is O=C(NC1CCN(C(=O)C2(O)CCC2)[C@H]1Cc1cccc(-c2cccc(F)c2)c1)[C@@H]1CCCO1. The lowest BCUT2D eigenvalue weighted by Crippen LogP contribution is -2.57. The fourth-order valence-electron chi connectivity index (χ4n) is 5.37. The number of nitrogens with one attached hydrogen (secondary N) is 1. The van der Waals surface area contributed by atoms with Crippen LogP contribution in [0.15, 0.2) is 48.5 Å². The molecule has 3 aliphatic rings. The highest BCUT2D eigenvalue weighted by Gasteiger charge is 2.49. The van der Waals surface area contributed by atoms with Gasteiger partial charge in [0.1, 0.15) is 17.5 Å². The van der Waals surface area contributed by atoms with Crippen molar-refractivity contribution in [3.8, 4) is 11.1 Å². The van der Waals surface area contributed by atoms with Crippen LogP contribution >= 0.6 is 0 Å². The maximum Gasteiger partial charge on any atom is 0.254 e. The predicted molar refractivity (Wildman–Crippen MR) is 125 cm³/mol. The van der Waals surface area contributed by atoms with E-state index in [1.165, 1.54) is 12.1 Å². The number of amides is 2. The van der Waals surface area contributed by atoms with Gasteiger partial charge in [-0.25, -0.2) is 4.39 Å². The molecule has 34 heavy (non-hydrogen) atoms. The van der Waals surface area contributed by atoms with Crippen LogP contribution in [0.25, 0.3) is 11.1 Å². The molecule has 6 nitrogen and oxygen atoms in total. The first-order valence-corrected chi connectivity index (χ1v) is 12.2. The monoisotopic (exact) mass is 466 g/mol. The first kappa shape index (κ1) is 23.0. The zero-order valence-corrected chi connectivity index (χ0v) is 19.2. The van der Waals surface area contributed by atoms with Crippen molar-refractivity contribution in [1.82, 2.24) is 10.2 Å². The molecule has 0 radical (unpaired) electrons. The second-order valence-corrected chi connectivity index (χ2v) is 9.77. The molecule has 3 fully saturated rings. The van der Waals surface area contributed by atoms with Crippen molar-refractivity contribution in [2.24, 2.45) is 0 Å². The summed E-state index contributed by atoms with van der Waals surface area (Å²) in [5.41, 5.74) is 1.39. The minimum atomic E-state index is -1.28. The number of hydrogen-bond donors (Lipinski definition) is 2. The van der Waals surface area contributed by atoms with Gasteiger partial charge in [0.2, 0.25) is 5.91 Å². The van der Waals surface area contributed by atoms with Crippen LogP contribution in [0.4, 0.5) is 4.39 Å². The van der Waals surface area contributed by atoms with E-state index in [4.69, 9.17) is 4.74 Å². The Morgan fingerprint density at radius 2 is 1.85 bits per heavy atom. The molecule has 1 unspecified atom stereocenters. The number of ether oxygens (including phenoxy) is 1. The van der Waals surface area contributed by atoms with Gasteiger partial charge >= 0.3 is 0 Å². The Hall–Kier alpha value is -2.77. The van der Waals surface area contributed by atoms with E-state index in [9.17, 15) is 19.1 Å². The van der Waals surface area contributed by atoms with Gasteiger partial charge in [-0.15, -0.1) is 0 Å². The standard InChI is InChI=1S/C27H31FN2O4/c28-21-8-2-7-20(17-21)19-6-1-5-18(15-19)16-23-22(29-25(31)24-9-3-14-34-24)10-13-30(23)26(32)27(33)11-4-12-27/h1-2,5-8,15,17,22-24,33H,3-4,9-14,16H2,(H,29,31)/t22?,23-,24-/m0/s1. The third-order valence-electron chi connectivity index (χ3n) is 7.47. The maximum absolute atomic E-state index is 13.8. The first-order chi connectivity index (χ1) is 16.4. The molecule has 2 aromatic rings. The second kappa shape index (κ2) is 9.47. The Labute approximate surface area is 199 Å². The van der Waals surface area contributed by atoms with Crippen molar-refractivity contribution in [3.63, 3.8) is 0 Å². The van der Waals surface area contributed by atoms with Gasteiger partial charge < -0.3 is 20.1 Å². The zero-order chi connectivity index (χ0) is 23.7. The first-order valence-electron chi connectivity index (χ1n) is 12.2. The quantitative estimate of drug-likeness (QED) is 0.685. The van der Waals surface area contributed by atoms with Gasteiger partial charge in [0.15, 0.2) is 0 Å². The van der Waals surface area contributed by atoms with E-state index in [0.717, 1.165) is 29.5 Å². The molecule has 0 bridgehead atoms. The third kappa shape index (κ3) is 4.59. The smallest absolute Gasteiger partial charge is 0.254 e. The summed E-state index contributed by atoms with van der Waals surface area (Å²) >= 11 is 0. The number of carbonyl (C=O) groups is 2. The topological polar surface area (TPSA) is 78.9 Å². The minimum Gasteiger partial charge on any atom is -0.380 e. The maximum atomic E-state index is 13.8. The van der Waals surface area contributed by atoms with Crippen LogP contribution in [0, 0.1) is 5.82 Å². The van der Waals surface area contributed by atoms with E-state index in [1.54, 1.807) is 11.0 Å². The van der Waals surface area contributed by atoms with Gasteiger partial charge in [0.05, 0.1) is 12.1 Å². The van der Waals surface area contributed by atoms with Gasteiger partial charge in [-0.3, -0.25) is 9.59 Å². The van der Waals surface area contributed by atoms with Crippen LogP contribution < -0.4 is 5.32 Å². The van der Waals surface area contributed by atoms with Crippen LogP contribution in [0.5, 0.6) is 0 Å². The summed E-state index contributed by atoms with van der Waals surface area (Å²) in [6.45, 7) is 1.09. The minimum absolute atomic E-state index is 0.127. The Morgan fingerprint density at radius 1 is 1.09 bits per heavy atom. The van der Waals surface area contributed by atoms with Crippen LogP contribution in [0.3, 0.4) is 0 Å². The molecule has 2 aromatic carbocycles. The van der Waals surface area contributed by atoms with Crippen LogP contribution in [-0.4, -0.2) is 58.8 Å². The number of likely N-dealkylation sites (tertiary alicyclic amines) is 1. The van der Waals surface area contributed by atoms with Crippen LogP contribution in [0.2, 0.25) is 0 Å². The molecule has 0 aromatic heterocycles. The van der Waals surface area contributed by atoms with Crippen molar-refractivity contribution >= 4 is 11.8 Å². The van der Waals surface area contributed by atoms with E-state index in [2.05, 4.69) is 5.32 Å². The Balaban J connectivity index is 1.38. The summed E-state index contributed by atoms with van der Waals surface area (Å²) in [6, 6.07) is 13.8. The number of hydrogen-bond acceptors (Lipinski definition) is 4. The summed E-state index contributed by atoms with van der Waals surface area (Å²) < 4.78 is 19.3. The Kier molecular flexibility index (Phi) is 6.40. The van der Waals surface area contributed by atoms with Crippen LogP contribution in [-0.2, 0) is 20.7 Å². The predicted octanol–water partition coefficient (Wildman–Crippen LogP) is 3.21. The molecule has 180 valence electrons. The van der Waals surface area contributed by atoms with Crippen molar-refractivity contribution in [2.75, 3.05) is 13.2 Å². The normalized spacial score (nSPS) is 25.7. The van der Waals surface area contributed by atoms with E-state index in [-0.39, 0.29) is 29.7 Å². The molecule has 2 amide bonds. The number of benzene rings is 2. The van der Waals surface area contributed by atoms with E-state index < -0.39 is 11.7 Å². The molecule has 7 heteroatoms. The van der Waals surface area contributed by atoms with Gasteiger partial charge in [-0.05, 0) is 73.8 Å². The summed E-state index contributed by atoms with van der Waals surface area (Å²) in [5.74, 6) is -0.655. The molecule has 2 aliphatic heterocycles.